The minimum absolute atomic E-state index is 0.0548. The van der Waals surface area contributed by atoms with Crippen molar-refractivity contribution in [3.63, 3.8) is 0 Å². The summed E-state index contributed by atoms with van der Waals surface area (Å²) in [7, 11) is 0. The smallest absolute Gasteiger partial charge is 0.317 e. The quantitative estimate of drug-likeness (QED) is 0.0962. The number of nitrogens with one attached hydrogen (secondary N) is 4. The van der Waals surface area contributed by atoms with Gasteiger partial charge in [-0.1, -0.05) is 78.1 Å². The van der Waals surface area contributed by atoms with Crippen LogP contribution in [0.5, 0.6) is 0 Å². The molecule has 6 N–H and O–H groups in total. The average Bonchev–Trinajstić information content (AvgIpc) is 2.90. The highest BCUT2D eigenvalue weighted by Crippen LogP contribution is 2.07. The van der Waals surface area contributed by atoms with Gasteiger partial charge >= 0.3 is 6.03 Å². The summed E-state index contributed by atoms with van der Waals surface area (Å²) in [5, 5.41) is 12.7. The fraction of sp³-hybridized carbons (Fsp3) is 0.931. The van der Waals surface area contributed by atoms with Gasteiger partial charge in [-0.3, -0.25) is 4.79 Å². The van der Waals surface area contributed by atoms with Crippen LogP contribution >= 0.6 is 0 Å². The predicted octanol–water partition coefficient (Wildman–Crippen LogP) is 4.53. The summed E-state index contributed by atoms with van der Waals surface area (Å²) in [4.78, 5) is 26.9. The Bertz CT molecular complexity index is 507. The van der Waals surface area contributed by atoms with Crippen molar-refractivity contribution in [1.82, 2.24) is 26.2 Å². The van der Waals surface area contributed by atoms with E-state index in [1.807, 2.05) is 4.90 Å². The SMILES string of the molecule is CCCCCCCCNC(=O)CNC(=O)N(CCCCCCCC)CCCNCCCCNCCCN. The van der Waals surface area contributed by atoms with E-state index in [9.17, 15) is 9.59 Å². The molecule has 0 aromatic heterocycles. The lowest BCUT2D eigenvalue weighted by molar-refractivity contribution is -0.120. The highest BCUT2D eigenvalue weighted by Gasteiger charge is 2.14. The third-order valence-electron chi connectivity index (χ3n) is 6.62. The molecule has 0 heterocycles. The summed E-state index contributed by atoms with van der Waals surface area (Å²) in [6.45, 7) is 11.4. The molecule has 0 atom stereocenters. The van der Waals surface area contributed by atoms with Gasteiger partial charge in [0.15, 0.2) is 0 Å². The number of nitrogens with two attached hydrogens (primary N) is 1. The lowest BCUT2D eigenvalue weighted by Crippen LogP contribution is -2.45. The molecule has 37 heavy (non-hydrogen) atoms. The normalized spacial score (nSPS) is 11.0. The molecule has 0 unspecified atom stereocenters. The Morgan fingerprint density at radius 3 is 1.68 bits per heavy atom. The second-order valence-electron chi connectivity index (χ2n) is 10.2. The van der Waals surface area contributed by atoms with Crippen LogP contribution < -0.4 is 27.0 Å². The van der Waals surface area contributed by atoms with E-state index in [1.54, 1.807) is 0 Å². The summed E-state index contributed by atoms with van der Waals surface area (Å²) in [6.07, 6.45) is 18.7. The van der Waals surface area contributed by atoms with Gasteiger partial charge in [0.05, 0.1) is 6.54 Å². The molecule has 0 aliphatic rings. The minimum Gasteiger partial charge on any atom is -0.355 e. The first-order chi connectivity index (χ1) is 18.2. The predicted molar refractivity (Wildman–Crippen MR) is 158 cm³/mol. The van der Waals surface area contributed by atoms with Gasteiger partial charge in [-0.15, -0.1) is 0 Å². The molecule has 0 aliphatic heterocycles. The van der Waals surface area contributed by atoms with E-state index in [-0.39, 0.29) is 18.5 Å². The van der Waals surface area contributed by atoms with Crippen LogP contribution in [0.25, 0.3) is 0 Å². The molecule has 0 fully saturated rings. The molecular weight excluding hydrogens is 464 g/mol. The number of rotatable bonds is 28. The Morgan fingerprint density at radius 1 is 0.568 bits per heavy atom. The molecular formula is C29H62N6O2. The zero-order valence-electron chi connectivity index (χ0n) is 24.5. The van der Waals surface area contributed by atoms with Crippen molar-refractivity contribution in [1.29, 1.82) is 0 Å². The number of urea groups is 1. The van der Waals surface area contributed by atoms with Crippen LogP contribution in [0, 0.1) is 0 Å². The van der Waals surface area contributed by atoms with Crippen molar-refractivity contribution in [2.75, 3.05) is 58.9 Å². The Hall–Kier alpha value is -1.38. The van der Waals surface area contributed by atoms with Gasteiger partial charge in [-0.25, -0.2) is 4.79 Å². The monoisotopic (exact) mass is 526 g/mol. The maximum Gasteiger partial charge on any atom is 0.317 e. The molecule has 0 aromatic carbocycles. The first kappa shape index (κ1) is 35.6. The molecule has 0 saturated heterocycles. The zero-order valence-corrected chi connectivity index (χ0v) is 24.5. The second kappa shape index (κ2) is 29.2. The molecule has 0 aliphatic carbocycles. The summed E-state index contributed by atoms with van der Waals surface area (Å²) in [5.41, 5.74) is 5.50. The van der Waals surface area contributed by atoms with Gasteiger partial charge in [0.1, 0.15) is 0 Å². The second-order valence-corrected chi connectivity index (χ2v) is 10.2. The Labute approximate surface area is 229 Å². The van der Waals surface area contributed by atoms with Crippen molar-refractivity contribution in [3.05, 3.63) is 0 Å². The lowest BCUT2D eigenvalue weighted by atomic mass is 10.1. The molecule has 0 spiro atoms. The van der Waals surface area contributed by atoms with Crippen molar-refractivity contribution in [3.8, 4) is 0 Å². The maximum atomic E-state index is 12.8. The number of amides is 3. The van der Waals surface area contributed by atoms with Crippen LogP contribution in [-0.2, 0) is 4.79 Å². The van der Waals surface area contributed by atoms with E-state index in [0.29, 0.717) is 13.1 Å². The van der Waals surface area contributed by atoms with Gasteiger partial charge in [-0.2, -0.15) is 0 Å². The van der Waals surface area contributed by atoms with Gasteiger partial charge in [0, 0.05) is 19.6 Å². The summed E-state index contributed by atoms with van der Waals surface area (Å²) in [6, 6.07) is -0.119. The molecule has 8 heteroatoms. The van der Waals surface area contributed by atoms with Crippen molar-refractivity contribution >= 4 is 11.9 Å². The van der Waals surface area contributed by atoms with Crippen LogP contribution in [0.3, 0.4) is 0 Å². The minimum atomic E-state index is -0.119. The van der Waals surface area contributed by atoms with E-state index in [2.05, 4.69) is 35.1 Å². The van der Waals surface area contributed by atoms with Gasteiger partial charge in [0.25, 0.3) is 0 Å². The molecule has 0 saturated carbocycles. The number of hydrogen-bond acceptors (Lipinski definition) is 5. The van der Waals surface area contributed by atoms with Crippen molar-refractivity contribution < 1.29 is 9.59 Å². The molecule has 0 radical (unpaired) electrons. The number of carbonyl (C=O) groups is 2. The number of unbranched alkanes of at least 4 members (excludes halogenated alkanes) is 11. The first-order valence-electron chi connectivity index (χ1n) is 15.6. The highest BCUT2D eigenvalue weighted by atomic mass is 16.2. The fourth-order valence-corrected chi connectivity index (χ4v) is 4.23. The van der Waals surface area contributed by atoms with Crippen molar-refractivity contribution in [2.24, 2.45) is 5.73 Å². The van der Waals surface area contributed by atoms with Crippen LogP contribution in [0.15, 0.2) is 0 Å². The fourth-order valence-electron chi connectivity index (χ4n) is 4.23. The van der Waals surface area contributed by atoms with E-state index < -0.39 is 0 Å². The van der Waals surface area contributed by atoms with Crippen LogP contribution in [-0.4, -0.2) is 75.7 Å². The van der Waals surface area contributed by atoms with E-state index in [1.165, 1.54) is 51.4 Å². The maximum absolute atomic E-state index is 12.8. The number of hydrogen-bond donors (Lipinski definition) is 5. The standard InChI is InChI=1S/C29H62N6O2/c1-3-5-7-9-11-13-24-33-28(36)27-34-29(37)35(25-16-12-10-8-6-4-2)26-18-23-32-21-15-14-20-31-22-17-19-30/h31-32H,3-27,30H2,1-2H3,(H,33,36)(H,34,37). The van der Waals surface area contributed by atoms with E-state index in [4.69, 9.17) is 5.73 Å². The molecule has 220 valence electrons. The van der Waals surface area contributed by atoms with Crippen molar-refractivity contribution in [2.45, 2.75) is 117 Å². The molecule has 0 aromatic rings. The third-order valence-corrected chi connectivity index (χ3v) is 6.62. The third kappa shape index (κ3) is 26.0. The van der Waals surface area contributed by atoms with Gasteiger partial charge in [-0.05, 0) is 71.2 Å². The van der Waals surface area contributed by atoms with Crippen LogP contribution in [0.1, 0.15) is 117 Å². The molecule has 3 amide bonds. The largest absolute Gasteiger partial charge is 0.355 e. The average molecular weight is 527 g/mol. The molecule has 0 bridgehead atoms. The zero-order chi connectivity index (χ0) is 27.2. The van der Waals surface area contributed by atoms with E-state index >= 15 is 0 Å². The van der Waals surface area contributed by atoms with Gasteiger partial charge in [0.2, 0.25) is 5.91 Å². The lowest BCUT2D eigenvalue weighted by Gasteiger charge is -2.23. The summed E-state index contributed by atoms with van der Waals surface area (Å²) in [5.74, 6) is -0.0967. The highest BCUT2D eigenvalue weighted by molar-refractivity contribution is 5.83. The van der Waals surface area contributed by atoms with Crippen LogP contribution in [0.4, 0.5) is 4.79 Å². The topological polar surface area (TPSA) is 112 Å². The summed E-state index contributed by atoms with van der Waals surface area (Å²) >= 11 is 0. The first-order valence-corrected chi connectivity index (χ1v) is 15.6. The Balaban J connectivity index is 4.12. The van der Waals surface area contributed by atoms with E-state index in [0.717, 1.165) is 90.6 Å². The number of nitrogens with zero attached hydrogens (tertiary/aromatic N) is 1. The Kier molecular flexibility index (Phi) is 28.1. The summed E-state index contributed by atoms with van der Waals surface area (Å²) < 4.78 is 0. The molecule has 8 nitrogen and oxygen atoms in total. The Morgan fingerprint density at radius 2 is 1.05 bits per heavy atom. The molecule has 0 rings (SSSR count). The number of carbonyl (C=O) groups excluding carboxylic acids is 2. The van der Waals surface area contributed by atoms with Crippen LogP contribution in [0.2, 0.25) is 0 Å². The van der Waals surface area contributed by atoms with Gasteiger partial charge < -0.3 is 31.9 Å².